The van der Waals surface area contributed by atoms with E-state index in [1.54, 1.807) is 12.1 Å². The van der Waals surface area contributed by atoms with Gasteiger partial charge in [-0.05, 0) is 23.9 Å². The molecule has 0 spiro atoms. The van der Waals surface area contributed by atoms with Crippen molar-refractivity contribution in [2.75, 3.05) is 11.6 Å². The first-order valence-corrected chi connectivity index (χ1v) is 7.00. The van der Waals surface area contributed by atoms with Gasteiger partial charge in [0.25, 0.3) is 0 Å². The summed E-state index contributed by atoms with van der Waals surface area (Å²) in [5, 5.41) is 0. The average molecular weight is 316 g/mol. The highest BCUT2D eigenvalue weighted by atomic mass is 32.2. The Morgan fingerprint density at radius 3 is 2.19 bits per heavy atom. The molecule has 1 aromatic carbocycles. The summed E-state index contributed by atoms with van der Waals surface area (Å²) >= 11 is -0.159. The van der Waals surface area contributed by atoms with E-state index < -0.39 is 5.51 Å². The largest absolute Gasteiger partial charge is 0.446 e. The van der Waals surface area contributed by atoms with Gasteiger partial charge in [-0.2, -0.15) is 13.2 Å². The van der Waals surface area contributed by atoms with Crippen LogP contribution in [0.3, 0.4) is 0 Å². The Bertz CT molecular complexity index is 632. The molecule has 1 aromatic heterocycles. The van der Waals surface area contributed by atoms with Crippen LogP contribution in [0.25, 0.3) is 11.3 Å². The number of imidazole rings is 1. The van der Waals surface area contributed by atoms with Gasteiger partial charge in [0, 0.05) is 16.4 Å². The molecule has 4 nitrogen and oxygen atoms in total. The third-order valence-corrected chi connectivity index (χ3v) is 3.59. The van der Waals surface area contributed by atoms with Crippen molar-refractivity contribution in [2.45, 2.75) is 30.2 Å². The molecule has 0 bridgehead atoms. The minimum atomic E-state index is -4.30. The van der Waals surface area contributed by atoms with Crippen molar-refractivity contribution >= 4 is 17.6 Å². The molecule has 0 aliphatic carbocycles. The van der Waals surface area contributed by atoms with E-state index in [-0.39, 0.29) is 28.4 Å². The fraction of sp³-hybridized carbons (Fsp3) is 0.308. The Kier molecular flexibility index (Phi) is 4.08. The SMILES string of the molecule is CC(C)c1nc(-c2ccc(SC(F)(F)F)cc2)c(N)n1N. The topological polar surface area (TPSA) is 69.9 Å². The van der Waals surface area contributed by atoms with Crippen molar-refractivity contribution < 1.29 is 13.2 Å². The molecule has 2 aromatic rings. The lowest BCUT2D eigenvalue weighted by molar-refractivity contribution is -0.0328. The fourth-order valence-corrected chi connectivity index (χ4v) is 2.44. The first-order valence-electron chi connectivity index (χ1n) is 6.18. The van der Waals surface area contributed by atoms with E-state index in [4.69, 9.17) is 11.6 Å². The maximum absolute atomic E-state index is 12.3. The molecule has 0 aliphatic rings. The van der Waals surface area contributed by atoms with Crippen LogP contribution in [-0.2, 0) is 0 Å². The summed E-state index contributed by atoms with van der Waals surface area (Å²) in [7, 11) is 0. The zero-order valence-corrected chi connectivity index (χ0v) is 12.3. The van der Waals surface area contributed by atoms with Crippen LogP contribution in [-0.4, -0.2) is 15.2 Å². The summed E-state index contributed by atoms with van der Waals surface area (Å²) in [6.45, 7) is 3.86. The standard InChI is InChI=1S/C13H15F3N4S/c1-7(2)12-19-10(11(17)20(12)18)8-3-5-9(6-4-8)21-13(14,15)16/h3-7H,17-18H2,1-2H3. The molecule has 0 radical (unpaired) electrons. The molecule has 0 unspecified atom stereocenters. The molecule has 0 amide bonds. The number of hydrogen-bond acceptors (Lipinski definition) is 4. The number of hydrogen-bond donors (Lipinski definition) is 2. The van der Waals surface area contributed by atoms with Crippen LogP contribution in [0.2, 0.25) is 0 Å². The summed E-state index contributed by atoms with van der Waals surface area (Å²) in [6.07, 6.45) is 0. The summed E-state index contributed by atoms with van der Waals surface area (Å²) in [5.41, 5.74) is 2.71. The third-order valence-electron chi connectivity index (χ3n) is 2.85. The van der Waals surface area contributed by atoms with Gasteiger partial charge in [0.2, 0.25) is 0 Å². The number of aromatic nitrogens is 2. The van der Waals surface area contributed by atoms with Crippen LogP contribution < -0.4 is 11.6 Å². The summed E-state index contributed by atoms with van der Waals surface area (Å²) in [5.74, 6) is 6.83. The number of alkyl halides is 3. The second-order valence-electron chi connectivity index (χ2n) is 4.80. The van der Waals surface area contributed by atoms with Gasteiger partial charge in [-0.1, -0.05) is 26.0 Å². The number of thioether (sulfide) groups is 1. The van der Waals surface area contributed by atoms with Gasteiger partial charge in [0.15, 0.2) is 5.82 Å². The van der Waals surface area contributed by atoms with Crippen molar-refractivity contribution in [1.82, 2.24) is 9.66 Å². The quantitative estimate of drug-likeness (QED) is 0.671. The summed E-state index contributed by atoms with van der Waals surface area (Å²) in [6, 6.07) is 5.88. The van der Waals surface area contributed by atoms with Gasteiger partial charge in [-0.3, -0.25) is 0 Å². The zero-order chi connectivity index (χ0) is 15.8. The predicted octanol–water partition coefficient (Wildman–Crippen LogP) is 3.58. The predicted molar refractivity (Wildman–Crippen MR) is 78.2 cm³/mol. The maximum atomic E-state index is 12.3. The Hall–Kier alpha value is -1.83. The van der Waals surface area contributed by atoms with Gasteiger partial charge >= 0.3 is 5.51 Å². The van der Waals surface area contributed by atoms with Crippen LogP contribution in [0.4, 0.5) is 19.0 Å². The first-order chi connectivity index (χ1) is 9.69. The van der Waals surface area contributed by atoms with Crippen LogP contribution in [0.5, 0.6) is 0 Å². The Labute approximate surface area is 124 Å². The molecule has 2 rings (SSSR count). The number of halogens is 3. The maximum Gasteiger partial charge on any atom is 0.446 e. The van der Waals surface area contributed by atoms with E-state index in [2.05, 4.69) is 4.98 Å². The van der Waals surface area contributed by atoms with E-state index in [1.165, 1.54) is 16.8 Å². The fourth-order valence-electron chi connectivity index (χ4n) is 1.90. The van der Waals surface area contributed by atoms with Gasteiger partial charge in [-0.25, -0.2) is 9.66 Å². The molecule has 0 fully saturated rings. The van der Waals surface area contributed by atoms with Crippen LogP contribution in [0.1, 0.15) is 25.6 Å². The van der Waals surface area contributed by atoms with E-state index in [0.29, 0.717) is 17.1 Å². The molecule has 0 saturated heterocycles. The number of nitrogens with zero attached hydrogens (tertiary/aromatic N) is 2. The van der Waals surface area contributed by atoms with E-state index in [9.17, 15) is 13.2 Å². The second-order valence-corrected chi connectivity index (χ2v) is 5.94. The summed E-state index contributed by atoms with van der Waals surface area (Å²) in [4.78, 5) is 4.48. The van der Waals surface area contributed by atoms with Crippen molar-refractivity contribution in [1.29, 1.82) is 0 Å². The zero-order valence-electron chi connectivity index (χ0n) is 11.5. The molecular formula is C13H15F3N4S. The lowest BCUT2D eigenvalue weighted by Gasteiger charge is -2.06. The number of rotatable bonds is 3. The highest BCUT2D eigenvalue weighted by molar-refractivity contribution is 8.00. The molecule has 0 aliphatic heterocycles. The number of nitrogens with two attached hydrogens (primary N) is 2. The van der Waals surface area contributed by atoms with Crippen molar-refractivity contribution in [3.05, 3.63) is 30.1 Å². The monoisotopic (exact) mass is 316 g/mol. The first kappa shape index (κ1) is 15.6. The molecule has 8 heteroatoms. The Morgan fingerprint density at radius 2 is 1.76 bits per heavy atom. The van der Waals surface area contributed by atoms with Crippen LogP contribution in [0.15, 0.2) is 29.2 Å². The average Bonchev–Trinajstić information content (AvgIpc) is 2.66. The van der Waals surface area contributed by atoms with Gasteiger partial charge in [0.05, 0.1) is 0 Å². The van der Waals surface area contributed by atoms with Crippen molar-refractivity contribution in [2.24, 2.45) is 0 Å². The van der Waals surface area contributed by atoms with Gasteiger partial charge in [-0.15, -0.1) is 0 Å². The highest BCUT2D eigenvalue weighted by Gasteiger charge is 2.29. The molecule has 0 atom stereocenters. The highest BCUT2D eigenvalue weighted by Crippen LogP contribution is 2.37. The third kappa shape index (κ3) is 3.44. The number of nitrogen functional groups attached to an aromatic ring is 2. The van der Waals surface area contributed by atoms with Crippen molar-refractivity contribution in [3.63, 3.8) is 0 Å². The summed E-state index contributed by atoms with van der Waals surface area (Å²) < 4.78 is 38.2. The molecule has 4 N–H and O–H groups in total. The Balaban J connectivity index is 2.33. The lowest BCUT2D eigenvalue weighted by atomic mass is 10.1. The van der Waals surface area contributed by atoms with E-state index >= 15 is 0 Å². The molecule has 21 heavy (non-hydrogen) atoms. The lowest BCUT2D eigenvalue weighted by Crippen LogP contribution is -2.16. The smallest absolute Gasteiger partial charge is 0.382 e. The number of benzene rings is 1. The molecule has 114 valence electrons. The van der Waals surface area contributed by atoms with Crippen LogP contribution in [0, 0.1) is 0 Å². The normalized spacial score (nSPS) is 12.1. The molecular weight excluding hydrogens is 301 g/mol. The van der Waals surface area contributed by atoms with E-state index in [0.717, 1.165) is 0 Å². The minimum absolute atomic E-state index is 0.0890. The van der Waals surface area contributed by atoms with Gasteiger partial charge in [0.1, 0.15) is 11.5 Å². The van der Waals surface area contributed by atoms with Crippen LogP contribution >= 0.6 is 11.8 Å². The number of anilines is 1. The molecule has 0 saturated carbocycles. The molecule has 1 heterocycles. The van der Waals surface area contributed by atoms with Gasteiger partial charge < -0.3 is 11.6 Å². The minimum Gasteiger partial charge on any atom is -0.382 e. The second kappa shape index (κ2) is 5.51. The van der Waals surface area contributed by atoms with Crippen molar-refractivity contribution in [3.8, 4) is 11.3 Å². The Morgan fingerprint density at radius 1 is 1.19 bits per heavy atom. The van der Waals surface area contributed by atoms with E-state index in [1.807, 2.05) is 13.8 Å².